The van der Waals surface area contributed by atoms with Gasteiger partial charge in [0.05, 0.1) is 25.1 Å². The van der Waals surface area contributed by atoms with Crippen LogP contribution in [0.25, 0.3) is 0 Å². The highest BCUT2D eigenvalue weighted by atomic mass is 16.5. The van der Waals surface area contributed by atoms with E-state index in [2.05, 4.69) is 4.98 Å². The van der Waals surface area contributed by atoms with Gasteiger partial charge in [0, 0.05) is 0 Å². The predicted octanol–water partition coefficient (Wildman–Crippen LogP) is 2.77. The number of aryl methyl sites for hydroxylation is 1. The third kappa shape index (κ3) is 3.38. The predicted molar refractivity (Wildman–Crippen MR) is 72.4 cm³/mol. The molecule has 2 rings (SSSR count). The van der Waals surface area contributed by atoms with Gasteiger partial charge in [-0.3, -0.25) is 4.79 Å². The third-order valence-corrected chi connectivity index (χ3v) is 2.91. The summed E-state index contributed by atoms with van der Waals surface area (Å²) in [5, 5.41) is 9.35. The van der Waals surface area contributed by atoms with Gasteiger partial charge < -0.3 is 14.3 Å². The lowest BCUT2D eigenvalue weighted by atomic mass is 9.95. The Labute approximate surface area is 117 Å². The molecule has 2 aromatic rings. The Bertz CT molecular complexity index is 574. The van der Waals surface area contributed by atoms with Crippen LogP contribution in [0.3, 0.4) is 0 Å². The van der Waals surface area contributed by atoms with E-state index in [0.717, 1.165) is 5.56 Å². The molecule has 1 heterocycles. The molecule has 0 aliphatic heterocycles. The number of benzene rings is 1. The Morgan fingerprint density at radius 3 is 2.65 bits per heavy atom. The van der Waals surface area contributed by atoms with E-state index in [4.69, 9.17) is 9.15 Å². The first-order chi connectivity index (χ1) is 9.60. The Balaban J connectivity index is 2.28. The van der Waals surface area contributed by atoms with E-state index in [1.165, 1.54) is 0 Å². The largest absolute Gasteiger partial charge is 0.508 e. The second-order valence-corrected chi connectivity index (χ2v) is 4.46. The fourth-order valence-electron chi connectivity index (χ4n) is 1.97. The Kier molecular flexibility index (Phi) is 4.40. The maximum absolute atomic E-state index is 11.7. The number of hydrogen-bond donors (Lipinski definition) is 1. The molecule has 0 amide bonds. The molecule has 106 valence electrons. The minimum Gasteiger partial charge on any atom is -0.508 e. The van der Waals surface area contributed by atoms with Crippen LogP contribution in [-0.4, -0.2) is 22.7 Å². The number of oxazole rings is 1. The number of aromatic nitrogens is 1. The van der Waals surface area contributed by atoms with Gasteiger partial charge in [0.25, 0.3) is 0 Å². The van der Waals surface area contributed by atoms with Crippen molar-refractivity contribution in [1.29, 1.82) is 0 Å². The van der Waals surface area contributed by atoms with E-state index in [0.29, 0.717) is 18.3 Å². The lowest BCUT2D eigenvalue weighted by Gasteiger charge is -2.13. The summed E-state index contributed by atoms with van der Waals surface area (Å²) in [5.41, 5.74) is 0.845. The van der Waals surface area contributed by atoms with Crippen molar-refractivity contribution in [1.82, 2.24) is 4.98 Å². The van der Waals surface area contributed by atoms with Crippen LogP contribution in [0.2, 0.25) is 0 Å². The number of aromatic hydroxyl groups is 1. The first kappa shape index (κ1) is 14.1. The Morgan fingerprint density at radius 2 is 2.10 bits per heavy atom. The Morgan fingerprint density at radius 1 is 1.40 bits per heavy atom. The monoisotopic (exact) mass is 275 g/mol. The molecule has 1 aromatic carbocycles. The van der Waals surface area contributed by atoms with Gasteiger partial charge in [0.2, 0.25) is 5.89 Å². The summed E-state index contributed by atoms with van der Waals surface area (Å²) in [4.78, 5) is 15.9. The van der Waals surface area contributed by atoms with Crippen LogP contribution in [0.15, 0.2) is 34.9 Å². The van der Waals surface area contributed by atoms with Crippen molar-refractivity contribution in [3.05, 3.63) is 47.7 Å². The molecule has 5 heteroatoms. The zero-order valence-electron chi connectivity index (χ0n) is 11.5. The topological polar surface area (TPSA) is 72.6 Å². The number of nitrogens with zero attached hydrogens (tertiary/aromatic N) is 1. The molecule has 0 fully saturated rings. The molecule has 0 spiro atoms. The molecular weight excluding hydrogens is 258 g/mol. The molecule has 0 aliphatic carbocycles. The molecule has 0 aliphatic rings. The van der Waals surface area contributed by atoms with Crippen molar-refractivity contribution in [3.8, 4) is 5.75 Å². The minimum absolute atomic E-state index is 0.151. The van der Waals surface area contributed by atoms with Crippen molar-refractivity contribution in [2.24, 2.45) is 0 Å². The number of carbonyl (C=O) groups excluding carboxylic acids is 1. The first-order valence-corrected chi connectivity index (χ1v) is 6.47. The van der Waals surface area contributed by atoms with Crippen molar-refractivity contribution in [2.45, 2.75) is 26.2 Å². The van der Waals surface area contributed by atoms with Gasteiger partial charge in [-0.2, -0.15) is 0 Å². The van der Waals surface area contributed by atoms with Gasteiger partial charge >= 0.3 is 5.97 Å². The summed E-state index contributed by atoms with van der Waals surface area (Å²) in [6.07, 6.45) is 1.77. The second kappa shape index (κ2) is 6.23. The number of phenolic OH excluding ortho intramolecular Hbond substituents is 1. The molecule has 0 bridgehead atoms. The molecular formula is C15H17NO4. The standard InChI is InChI=1S/C15H17NO4/c1-3-19-14(18)8-13(15-16-9-10(2)20-15)11-4-6-12(17)7-5-11/h4-7,9,13,17H,3,8H2,1-2H3/t13-/m1/s1. The summed E-state index contributed by atoms with van der Waals surface area (Å²) < 4.78 is 10.5. The number of phenols is 1. The van der Waals surface area contributed by atoms with Gasteiger partial charge in [0.15, 0.2) is 0 Å². The highest BCUT2D eigenvalue weighted by molar-refractivity contribution is 5.71. The molecule has 1 N–H and O–H groups in total. The van der Waals surface area contributed by atoms with Crippen LogP contribution in [0.4, 0.5) is 0 Å². The SMILES string of the molecule is CCOC(=O)C[C@H](c1ccc(O)cc1)c1ncc(C)o1. The van der Waals surface area contributed by atoms with Crippen molar-refractivity contribution < 1.29 is 19.1 Å². The number of rotatable bonds is 5. The summed E-state index contributed by atoms with van der Waals surface area (Å²) in [6.45, 7) is 3.91. The maximum Gasteiger partial charge on any atom is 0.306 e. The molecule has 5 nitrogen and oxygen atoms in total. The molecule has 20 heavy (non-hydrogen) atoms. The highest BCUT2D eigenvalue weighted by Crippen LogP contribution is 2.29. The quantitative estimate of drug-likeness (QED) is 0.849. The van der Waals surface area contributed by atoms with Crippen molar-refractivity contribution in [3.63, 3.8) is 0 Å². The molecule has 1 aromatic heterocycles. The van der Waals surface area contributed by atoms with E-state index in [1.807, 2.05) is 0 Å². The number of carbonyl (C=O) groups is 1. The van der Waals surface area contributed by atoms with E-state index >= 15 is 0 Å². The van der Waals surface area contributed by atoms with Crippen LogP contribution in [0.1, 0.15) is 36.5 Å². The third-order valence-electron chi connectivity index (χ3n) is 2.91. The van der Waals surface area contributed by atoms with Gasteiger partial charge in [0.1, 0.15) is 11.5 Å². The van der Waals surface area contributed by atoms with Gasteiger partial charge in [-0.1, -0.05) is 12.1 Å². The van der Waals surface area contributed by atoms with E-state index in [-0.39, 0.29) is 24.1 Å². The van der Waals surface area contributed by atoms with Crippen LogP contribution >= 0.6 is 0 Å². The average molecular weight is 275 g/mol. The van der Waals surface area contributed by atoms with E-state index in [9.17, 15) is 9.90 Å². The number of hydrogen-bond acceptors (Lipinski definition) is 5. The fraction of sp³-hybridized carbons (Fsp3) is 0.333. The second-order valence-electron chi connectivity index (χ2n) is 4.46. The molecule has 0 saturated heterocycles. The average Bonchev–Trinajstić information content (AvgIpc) is 2.84. The summed E-state index contributed by atoms with van der Waals surface area (Å²) in [7, 11) is 0. The van der Waals surface area contributed by atoms with E-state index < -0.39 is 0 Å². The van der Waals surface area contributed by atoms with Crippen LogP contribution in [0, 0.1) is 6.92 Å². The summed E-state index contributed by atoms with van der Waals surface area (Å²) >= 11 is 0. The highest BCUT2D eigenvalue weighted by Gasteiger charge is 2.23. The maximum atomic E-state index is 11.7. The number of ether oxygens (including phenoxy) is 1. The first-order valence-electron chi connectivity index (χ1n) is 6.47. The Hall–Kier alpha value is -2.30. The number of esters is 1. The minimum atomic E-state index is -0.316. The van der Waals surface area contributed by atoms with Crippen LogP contribution < -0.4 is 0 Å². The van der Waals surface area contributed by atoms with Crippen molar-refractivity contribution in [2.75, 3.05) is 6.61 Å². The normalized spacial score (nSPS) is 12.1. The molecule has 1 atom stereocenters. The van der Waals surface area contributed by atoms with E-state index in [1.54, 1.807) is 44.3 Å². The molecule has 0 radical (unpaired) electrons. The lowest BCUT2D eigenvalue weighted by Crippen LogP contribution is -2.12. The molecule has 0 unspecified atom stereocenters. The fourth-order valence-corrected chi connectivity index (χ4v) is 1.97. The van der Waals surface area contributed by atoms with Crippen LogP contribution in [0.5, 0.6) is 5.75 Å². The lowest BCUT2D eigenvalue weighted by molar-refractivity contribution is -0.143. The summed E-state index contributed by atoms with van der Waals surface area (Å²) in [5.74, 6) is 0.714. The van der Waals surface area contributed by atoms with Crippen LogP contribution in [-0.2, 0) is 9.53 Å². The molecule has 0 saturated carbocycles. The van der Waals surface area contributed by atoms with Crippen molar-refractivity contribution >= 4 is 5.97 Å². The van der Waals surface area contributed by atoms with Gasteiger partial charge in [-0.05, 0) is 31.5 Å². The zero-order chi connectivity index (χ0) is 14.5. The smallest absolute Gasteiger partial charge is 0.306 e. The summed E-state index contributed by atoms with van der Waals surface area (Å²) in [6, 6.07) is 6.64. The zero-order valence-corrected chi connectivity index (χ0v) is 11.5. The van der Waals surface area contributed by atoms with Gasteiger partial charge in [-0.25, -0.2) is 4.98 Å². The van der Waals surface area contributed by atoms with Gasteiger partial charge in [-0.15, -0.1) is 0 Å².